The Bertz CT molecular complexity index is 276. The Morgan fingerprint density at radius 1 is 1.60 bits per heavy atom. The summed E-state index contributed by atoms with van der Waals surface area (Å²) >= 11 is 0. The summed E-state index contributed by atoms with van der Waals surface area (Å²) in [5.74, 6) is 0. The zero-order valence-electron chi connectivity index (χ0n) is 9.30. The summed E-state index contributed by atoms with van der Waals surface area (Å²) < 4.78 is 0. The normalized spacial score (nSPS) is 15.3. The molecule has 1 aromatic rings. The van der Waals surface area contributed by atoms with E-state index in [1.54, 1.807) is 6.20 Å². The molecule has 2 atom stereocenters. The lowest BCUT2D eigenvalue weighted by atomic mass is 10.0. The smallest absolute Gasteiger partial charge is 0.0558 e. The molecule has 2 unspecified atom stereocenters. The zero-order valence-corrected chi connectivity index (χ0v) is 9.30. The molecule has 84 valence electrons. The van der Waals surface area contributed by atoms with Gasteiger partial charge in [-0.25, -0.2) is 0 Å². The fourth-order valence-corrected chi connectivity index (χ4v) is 1.81. The lowest BCUT2D eigenvalue weighted by Gasteiger charge is -2.30. The summed E-state index contributed by atoms with van der Waals surface area (Å²) in [4.78, 5) is 6.13. The van der Waals surface area contributed by atoms with Crippen LogP contribution in [0.1, 0.15) is 18.5 Å². The first-order valence-corrected chi connectivity index (χ1v) is 5.13. The number of aliphatic hydroxyl groups excluding tert-OH is 1. The van der Waals surface area contributed by atoms with Crippen LogP contribution in [0.25, 0.3) is 0 Å². The molecule has 1 rings (SSSR count). The van der Waals surface area contributed by atoms with E-state index in [0.29, 0.717) is 6.54 Å². The van der Waals surface area contributed by atoms with Crippen molar-refractivity contribution >= 4 is 0 Å². The van der Waals surface area contributed by atoms with Gasteiger partial charge in [0.25, 0.3) is 0 Å². The van der Waals surface area contributed by atoms with E-state index < -0.39 is 0 Å². The number of nitrogens with two attached hydrogens (primary N) is 1. The molecule has 4 heteroatoms. The number of aliphatic hydroxyl groups is 1. The van der Waals surface area contributed by atoms with Crippen molar-refractivity contribution in [2.75, 3.05) is 20.2 Å². The van der Waals surface area contributed by atoms with Gasteiger partial charge in [-0.15, -0.1) is 0 Å². The standard InChI is InChI=1S/C11H19N3O/c1-9(12)11(14(2)6-7-15)10-4-3-5-13-8-10/h3-5,8-9,11,15H,6-7,12H2,1-2H3. The van der Waals surface area contributed by atoms with E-state index in [1.165, 1.54) is 0 Å². The van der Waals surface area contributed by atoms with Crippen molar-refractivity contribution in [2.24, 2.45) is 5.73 Å². The van der Waals surface area contributed by atoms with Crippen molar-refractivity contribution in [1.82, 2.24) is 9.88 Å². The number of hydrogen-bond acceptors (Lipinski definition) is 4. The van der Waals surface area contributed by atoms with Crippen molar-refractivity contribution in [3.05, 3.63) is 30.1 Å². The number of aromatic nitrogens is 1. The third kappa shape index (κ3) is 3.27. The highest BCUT2D eigenvalue weighted by molar-refractivity contribution is 5.15. The van der Waals surface area contributed by atoms with E-state index >= 15 is 0 Å². The van der Waals surface area contributed by atoms with Crippen molar-refractivity contribution in [2.45, 2.75) is 19.0 Å². The van der Waals surface area contributed by atoms with Crippen molar-refractivity contribution in [1.29, 1.82) is 0 Å². The number of likely N-dealkylation sites (N-methyl/N-ethyl adjacent to an activating group) is 1. The number of nitrogens with zero attached hydrogens (tertiary/aromatic N) is 2. The fraction of sp³-hybridized carbons (Fsp3) is 0.545. The van der Waals surface area contributed by atoms with Crippen LogP contribution < -0.4 is 5.73 Å². The average molecular weight is 209 g/mol. The summed E-state index contributed by atoms with van der Waals surface area (Å²) in [6.07, 6.45) is 3.57. The predicted octanol–water partition coefficient (Wildman–Crippen LogP) is 0.394. The molecule has 0 spiro atoms. The molecule has 0 bridgehead atoms. The Hall–Kier alpha value is -0.970. The lowest BCUT2D eigenvalue weighted by molar-refractivity contribution is 0.166. The molecular weight excluding hydrogens is 190 g/mol. The van der Waals surface area contributed by atoms with Gasteiger partial charge < -0.3 is 10.8 Å². The Balaban J connectivity index is 2.83. The minimum atomic E-state index is 0.00532. The molecule has 3 N–H and O–H groups in total. The molecule has 0 aromatic carbocycles. The highest BCUT2D eigenvalue weighted by Crippen LogP contribution is 2.20. The van der Waals surface area contributed by atoms with Gasteiger partial charge in [-0.05, 0) is 25.6 Å². The van der Waals surface area contributed by atoms with E-state index in [0.717, 1.165) is 5.56 Å². The molecule has 0 aliphatic heterocycles. The van der Waals surface area contributed by atoms with Crippen LogP contribution in [0.2, 0.25) is 0 Å². The summed E-state index contributed by atoms with van der Waals surface area (Å²) in [6.45, 7) is 2.71. The number of pyridine rings is 1. The largest absolute Gasteiger partial charge is 0.395 e. The van der Waals surface area contributed by atoms with Crippen LogP contribution in [0.5, 0.6) is 0 Å². The van der Waals surface area contributed by atoms with Gasteiger partial charge in [-0.2, -0.15) is 0 Å². The third-order valence-corrected chi connectivity index (χ3v) is 2.45. The van der Waals surface area contributed by atoms with Gasteiger partial charge in [0.15, 0.2) is 0 Å². The maximum atomic E-state index is 8.92. The van der Waals surface area contributed by atoms with E-state index in [4.69, 9.17) is 10.8 Å². The van der Waals surface area contributed by atoms with E-state index in [2.05, 4.69) is 4.98 Å². The summed E-state index contributed by atoms with van der Waals surface area (Å²) in [5.41, 5.74) is 7.04. The Kier molecular flexibility index (Phi) is 4.68. The maximum absolute atomic E-state index is 8.92. The quantitative estimate of drug-likeness (QED) is 0.736. The first-order valence-electron chi connectivity index (χ1n) is 5.13. The predicted molar refractivity (Wildman–Crippen MR) is 60.3 cm³/mol. The van der Waals surface area contributed by atoms with E-state index in [9.17, 15) is 0 Å². The summed E-state index contributed by atoms with van der Waals surface area (Å²) in [6, 6.07) is 4.02. The zero-order chi connectivity index (χ0) is 11.3. The van der Waals surface area contributed by atoms with Gasteiger partial charge in [0.05, 0.1) is 12.6 Å². The van der Waals surface area contributed by atoms with Crippen LogP contribution in [-0.2, 0) is 0 Å². The molecule has 0 aliphatic rings. The Morgan fingerprint density at radius 3 is 2.80 bits per heavy atom. The average Bonchev–Trinajstić information content (AvgIpc) is 2.19. The van der Waals surface area contributed by atoms with Gasteiger partial charge in [-0.1, -0.05) is 6.07 Å². The second-order valence-corrected chi connectivity index (χ2v) is 3.79. The minimum Gasteiger partial charge on any atom is -0.395 e. The summed E-state index contributed by atoms with van der Waals surface area (Å²) in [5, 5.41) is 8.92. The van der Waals surface area contributed by atoms with Crippen molar-refractivity contribution in [3.63, 3.8) is 0 Å². The molecule has 0 saturated heterocycles. The molecule has 0 radical (unpaired) electrons. The Labute approximate surface area is 90.7 Å². The number of rotatable bonds is 5. The minimum absolute atomic E-state index is 0.00532. The Morgan fingerprint density at radius 2 is 2.33 bits per heavy atom. The second kappa shape index (κ2) is 5.80. The van der Waals surface area contributed by atoms with Crippen molar-refractivity contribution in [3.8, 4) is 0 Å². The van der Waals surface area contributed by atoms with Crippen LogP contribution >= 0.6 is 0 Å². The SMILES string of the molecule is CC(N)C(c1cccnc1)N(C)CCO. The topological polar surface area (TPSA) is 62.4 Å². The first-order chi connectivity index (χ1) is 7.16. The van der Waals surface area contributed by atoms with Gasteiger partial charge in [-0.3, -0.25) is 9.88 Å². The molecule has 0 saturated carbocycles. The number of hydrogen-bond donors (Lipinski definition) is 2. The van der Waals surface area contributed by atoms with Crippen LogP contribution in [0.15, 0.2) is 24.5 Å². The highest BCUT2D eigenvalue weighted by atomic mass is 16.3. The molecule has 1 heterocycles. The molecule has 15 heavy (non-hydrogen) atoms. The monoisotopic (exact) mass is 209 g/mol. The van der Waals surface area contributed by atoms with Crippen LogP contribution in [0.4, 0.5) is 0 Å². The summed E-state index contributed by atoms with van der Waals surface area (Å²) in [7, 11) is 1.96. The van der Waals surface area contributed by atoms with E-state index in [-0.39, 0.29) is 18.7 Å². The van der Waals surface area contributed by atoms with Crippen molar-refractivity contribution < 1.29 is 5.11 Å². The molecular formula is C11H19N3O. The van der Waals surface area contributed by atoms with Gasteiger partial charge >= 0.3 is 0 Å². The molecule has 4 nitrogen and oxygen atoms in total. The maximum Gasteiger partial charge on any atom is 0.0558 e. The molecule has 1 aromatic heterocycles. The van der Waals surface area contributed by atoms with Crippen LogP contribution in [0, 0.1) is 0 Å². The van der Waals surface area contributed by atoms with Gasteiger partial charge in [0.1, 0.15) is 0 Å². The first kappa shape index (κ1) is 12.1. The third-order valence-electron chi connectivity index (χ3n) is 2.45. The molecule has 0 amide bonds. The highest BCUT2D eigenvalue weighted by Gasteiger charge is 2.20. The molecule has 0 fully saturated rings. The lowest BCUT2D eigenvalue weighted by Crippen LogP contribution is -2.38. The molecule has 0 aliphatic carbocycles. The van der Waals surface area contributed by atoms with Gasteiger partial charge in [0, 0.05) is 25.0 Å². The van der Waals surface area contributed by atoms with Crippen LogP contribution in [-0.4, -0.2) is 41.2 Å². The fourth-order valence-electron chi connectivity index (χ4n) is 1.81. The van der Waals surface area contributed by atoms with Gasteiger partial charge in [0.2, 0.25) is 0 Å². The van der Waals surface area contributed by atoms with Crippen LogP contribution in [0.3, 0.4) is 0 Å². The van der Waals surface area contributed by atoms with E-state index in [1.807, 2.05) is 37.2 Å². The second-order valence-electron chi connectivity index (χ2n) is 3.79.